The van der Waals surface area contributed by atoms with Crippen molar-refractivity contribution in [2.75, 3.05) is 13.6 Å². The fraction of sp³-hybridized carbons (Fsp3) is 0.750. The van der Waals surface area contributed by atoms with Crippen LogP contribution in [0.2, 0.25) is 0 Å². The molecule has 1 aliphatic carbocycles. The van der Waals surface area contributed by atoms with E-state index in [0.29, 0.717) is 5.41 Å². The van der Waals surface area contributed by atoms with Gasteiger partial charge in [-0.3, -0.25) is 4.68 Å². The molecular formula is C12H21N3. The first kappa shape index (κ1) is 10.7. The molecule has 1 aromatic rings. The second-order valence-electron chi connectivity index (χ2n) is 4.94. The van der Waals surface area contributed by atoms with Gasteiger partial charge in [-0.15, -0.1) is 0 Å². The van der Waals surface area contributed by atoms with Crippen LogP contribution in [-0.2, 0) is 13.5 Å². The maximum absolute atomic E-state index is 4.25. The molecule has 0 spiro atoms. The van der Waals surface area contributed by atoms with Crippen molar-refractivity contribution >= 4 is 0 Å². The Kier molecular flexibility index (Phi) is 3.10. The molecule has 15 heavy (non-hydrogen) atoms. The monoisotopic (exact) mass is 207 g/mol. The van der Waals surface area contributed by atoms with Crippen LogP contribution in [0, 0.1) is 5.41 Å². The average Bonchev–Trinajstić information content (AvgIpc) is 2.78. The molecule has 1 aliphatic rings. The average molecular weight is 207 g/mol. The molecule has 0 atom stereocenters. The van der Waals surface area contributed by atoms with E-state index in [0.717, 1.165) is 6.54 Å². The van der Waals surface area contributed by atoms with Crippen LogP contribution < -0.4 is 5.32 Å². The molecule has 1 N–H and O–H groups in total. The Morgan fingerprint density at radius 3 is 2.73 bits per heavy atom. The fourth-order valence-electron chi connectivity index (χ4n) is 2.91. The van der Waals surface area contributed by atoms with Crippen molar-refractivity contribution < 1.29 is 0 Å². The van der Waals surface area contributed by atoms with Crippen LogP contribution in [0.5, 0.6) is 0 Å². The first-order chi connectivity index (χ1) is 7.24. The van der Waals surface area contributed by atoms with E-state index in [1.807, 2.05) is 17.9 Å². The van der Waals surface area contributed by atoms with Crippen molar-refractivity contribution in [3.8, 4) is 0 Å². The number of nitrogens with zero attached hydrogens (tertiary/aromatic N) is 2. The zero-order valence-electron chi connectivity index (χ0n) is 9.79. The van der Waals surface area contributed by atoms with E-state index in [9.17, 15) is 0 Å². The lowest BCUT2D eigenvalue weighted by Crippen LogP contribution is -2.31. The van der Waals surface area contributed by atoms with Crippen molar-refractivity contribution in [1.82, 2.24) is 15.1 Å². The van der Waals surface area contributed by atoms with Crippen LogP contribution in [0.25, 0.3) is 0 Å². The third-order valence-corrected chi connectivity index (χ3v) is 3.55. The Bertz CT molecular complexity index is 310. The summed E-state index contributed by atoms with van der Waals surface area (Å²) in [4.78, 5) is 0. The summed E-state index contributed by atoms with van der Waals surface area (Å²) in [6, 6.07) is 0. The number of aryl methyl sites for hydroxylation is 1. The molecular weight excluding hydrogens is 186 g/mol. The van der Waals surface area contributed by atoms with Crippen molar-refractivity contribution in [1.29, 1.82) is 0 Å². The van der Waals surface area contributed by atoms with Crippen LogP contribution in [0.3, 0.4) is 0 Å². The summed E-state index contributed by atoms with van der Waals surface area (Å²) in [5, 5.41) is 7.60. The molecule has 0 radical (unpaired) electrons. The molecule has 2 rings (SSSR count). The van der Waals surface area contributed by atoms with E-state index in [-0.39, 0.29) is 0 Å². The van der Waals surface area contributed by atoms with Gasteiger partial charge < -0.3 is 5.32 Å². The zero-order valence-corrected chi connectivity index (χ0v) is 9.79. The molecule has 0 amide bonds. The molecule has 3 nitrogen and oxygen atoms in total. The maximum Gasteiger partial charge on any atom is 0.0521 e. The van der Waals surface area contributed by atoms with E-state index in [2.05, 4.69) is 23.7 Å². The van der Waals surface area contributed by atoms with Gasteiger partial charge in [0.2, 0.25) is 0 Å². The second-order valence-corrected chi connectivity index (χ2v) is 4.94. The molecule has 0 aliphatic heterocycles. The predicted octanol–water partition coefficient (Wildman–Crippen LogP) is 1.74. The highest BCUT2D eigenvalue weighted by atomic mass is 15.2. The molecule has 1 aromatic heterocycles. The second kappa shape index (κ2) is 4.35. The van der Waals surface area contributed by atoms with E-state index in [1.165, 1.54) is 37.7 Å². The number of aromatic nitrogens is 2. The summed E-state index contributed by atoms with van der Waals surface area (Å²) >= 11 is 0. The number of rotatable bonds is 4. The predicted molar refractivity (Wildman–Crippen MR) is 61.7 cm³/mol. The number of hydrogen-bond donors (Lipinski definition) is 1. The standard InChI is InChI=1S/C12H21N3/c1-13-10-12(5-3-4-6-12)7-11-8-14-15(2)9-11/h8-9,13H,3-7,10H2,1-2H3. The van der Waals surface area contributed by atoms with Gasteiger partial charge in [0.05, 0.1) is 6.20 Å². The Hall–Kier alpha value is -0.830. The van der Waals surface area contributed by atoms with E-state index < -0.39 is 0 Å². The van der Waals surface area contributed by atoms with Crippen LogP contribution in [0.15, 0.2) is 12.4 Å². The SMILES string of the molecule is CNCC1(Cc2cnn(C)c2)CCCC1. The molecule has 0 aromatic carbocycles. The van der Waals surface area contributed by atoms with E-state index in [4.69, 9.17) is 0 Å². The minimum Gasteiger partial charge on any atom is -0.319 e. The summed E-state index contributed by atoms with van der Waals surface area (Å²) in [5.41, 5.74) is 1.88. The first-order valence-corrected chi connectivity index (χ1v) is 5.86. The zero-order chi connectivity index (χ0) is 10.7. The molecule has 0 bridgehead atoms. The Labute approximate surface area is 91.9 Å². The molecule has 84 valence electrons. The van der Waals surface area contributed by atoms with Gasteiger partial charge in [0.1, 0.15) is 0 Å². The third-order valence-electron chi connectivity index (χ3n) is 3.55. The topological polar surface area (TPSA) is 29.9 Å². The van der Waals surface area contributed by atoms with Crippen LogP contribution in [0.1, 0.15) is 31.2 Å². The van der Waals surface area contributed by atoms with Gasteiger partial charge in [-0.2, -0.15) is 5.10 Å². The molecule has 1 fully saturated rings. The lowest BCUT2D eigenvalue weighted by Gasteiger charge is -2.28. The Morgan fingerprint density at radius 2 is 2.20 bits per heavy atom. The highest BCUT2D eigenvalue weighted by molar-refractivity contribution is 5.09. The number of nitrogens with one attached hydrogen (secondary N) is 1. The van der Waals surface area contributed by atoms with Crippen molar-refractivity contribution in [2.45, 2.75) is 32.1 Å². The number of hydrogen-bond acceptors (Lipinski definition) is 2. The lowest BCUT2D eigenvalue weighted by molar-refractivity contribution is 0.286. The Balaban J connectivity index is 2.06. The van der Waals surface area contributed by atoms with Gasteiger partial charge in [-0.25, -0.2) is 0 Å². The summed E-state index contributed by atoms with van der Waals surface area (Å²) in [7, 11) is 4.05. The summed E-state index contributed by atoms with van der Waals surface area (Å²) in [5.74, 6) is 0. The Morgan fingerprint density at radius 1 is 1.47 bits per heavy atom. The molecule has 1 saturated carbocycles. The van der Waals surface area contributed by atoms with Gasteiger partial charge >= 0.3 is 0 Å². The molecule has 0 unspecified atom stereocenters. The quantitative estimate of drug-likeness (QED) is 0.815. The molecule has 0 saturated heterocycles. The van der Waals surface area contributed by atoms with Gasteiger partial charge in [-0.05, 0) is 37.3 Å². The minimum absolute atomic E-state index is 0.498. The van der Waals surface area contributed by atoms with Gasteiger partial charge in [0, 0.05) is 19.8 Å². The third kappa shape index (κ3) is 2.40. The van der Waals surface area contributed by atoms with E-state index in [1.54, 1.807) is 0 Å². The lowest BCUT2D eigenvalue weighted by atomic mass is 9.80. The van der Waals surface area contributed by atoms with Crippen molar-refractivity contribution in [3.63, 3.8) is 0 Å². The van der Waals surface area contributed by atoms with Crippen LogP contribution in [0.4, 0.5) is 0 Å². The van der Waals surface area contributed by atoms with E-state index >= 15 is 0 Å². The van der Waals surface area contributed by atoms with Crippen molar-refractivity contribution in [2.24, 2.45) is 12.5 Å². The van der Waals surface area contributed by atoms with Gasteiger partial charge in [0.15, 0.2) is 0 Å². The maximum atomic E-state index is 4.25. The van der Waals surface area contributed by atoms with Crippen LogP contribution in [-0.4, -0.2) is 23.4 Å². The highest BCUT2D eigenvalue weighted by Crippen LogP contribution is 2.40. The summed E-state index contributed by atoms with van der Waals surface area (Å²) in [6.45, 7) is 1.14. The smallest absolute Gasteiger partial charge is 0.0521 e. The van der Waals surface area contributed by atoms with Gasteiger partial charge in [0.25, 0.3) is 0 Å². The molecule has 1 heterocycles. The fourth-order valence-corrected chi connectivity index (χ4v) is 2.91. The largest absolute Gasteiger partial charge is 0.319 e. The van der Waals surface area contributed by atoms with Gasteiger partial charge in [-0.1, -0.05) is 12.8 Å². The first-order valence-electron chi connectivity index (χ1n) is 5.86. The normalized spacial score (nSPS) is 19.6. The minimum atomic E-state index is 0.498. The highest BCUT2D eigenvalue weighted by Gasteiger charge is 2.33. The van der Waals surface area contributed by atoms with Crippen LogP contribution >= 0.6 is 0 Å². The molecule has 3 heteroatoms. The van der Waals surface area contributed by atoms with Crippen molar-refractivity contribution in [3.05, 3.63) is 18.0 Å². The summed E-state index contributed by atoms with van der Waals surface area (Å²) < 4.78 is 1.90. The summed E-state index contributed by atoms with van der Waals surface area (Å²) in [6.07, 6.45) is 10.8.